The van der Waals surface area contributed by atoms with Gasteiger partial charge in [-0.25, -0.2) is 0 Å². The topological polar surface area (TPSA) is 49.8 Å². The fourth-order valence-electron chi connectivity index (χ4n) is 2.58. The number of ether oxygens (including phenoxy) is 1. The van der Waals surface area contributed by atoms with Gasteiger partial charge in [-0.3, -0.25) is 4.79 Å². The second kappa shape index (κ2) is 7.53. The summed E-state index contributed by atoms with van der Waals surface area (Å²) in [6, 6.07) is 10.1. The van der Waals surface area contributed by atoms with E-state index in [9.17, 15) is 9.90 Å². The van der Waals surface area contributed by atoms with Crippen LogP contribution in [0.3, 0.4) is 0 Å². The van der Waals surface area contributed by atoms with Gasteiger partial charge in [-0.05, 0) is 54.9 Å². The minimum Gasteiger partial charge on any atom is -0.488 e. The zero-order chi connectivity index (χ0) is 24.1. The van der Waals surface area contributed by atoms with Crippen LogP contribution in [0.2, 0.25) is 0 Å². The average Bonchev–Trinajstić information content (AvgIpc) is 2.89. The van der Waals surface area contributed by atoms with Gasteiger partial charge in [0, 0.05) is 20.3 Å². The van der Waals surface area contributed by atoms with Gasteiger partial charge < -0.3 is 14.7 Å². The normalized spacial score (nSPS) is 20.8. The minimum absolute atomic E-state index is 0.0202. The van der Waals surface area contributed by atoms with Gasteiger partial charge in [0.2, 0.25) is 0 Å². The summed E-state index contributed by atoms with van der Waals surface area (Å²) in [5.41, 5.74) is 1.01. The van der Waals surface area contributed by atoms with E-state index in [0.717, 1.165) is 4.90 Å². The third-order valence-corrected chi connectivity index (χ3v) is 3.64. The molecule has 0 radical (unpaired) electrons. The number of rotatable bonds is 5. The molecular weight excluding hydrogens is 314 g/mol. The zero-order valence-corrected chi connectivity index (χ0v) is 14.0. The van der Waals surface area contributed by atoms with Crippen LogP contribution in [0, 0.1) is 0 Å². The average molecular weight is 344 g/mol. The van der Waals surface area contributed by atoms with Crippen LogP contribution < -0.4 is 4.74 Å². The number of aliphatic carboxylic acids is 1. The predicted octanol–water partition coefficient (Wildman–Crippen LogP) is 3.59. The number of nitrogens with zero attached hydrogens (tertiary/aromatic N) is 1. The number of carboxylic acid groups (broad SMARTS) is 1. The molecule has 1 heterocycles. The minimum atomic E-state index is -2.78. The van der Waals surface area contributed by atoms with E-state index in [1.807, 2.05) is 0 Å². The van der Waals surface area contributed by atoms with E-state index in [-0.39, 0.29) is 29.1 Å². The lowest BCUT2D eigenvalue weighted by Gasteiger charge is -2.13. The van der Waals surface area contributed by atoms with Crippen molar-refractivity contribution in [3.05, 3.63) is 70.8 Å². The highest BCUT2D eigenvalue weighted by atomic mass is 16.5. The Kier molecular flexibility index (Phi) is 3.14. The van der Waals surface area contributed by atoms with Crippen molar-refractivity contribution in [2.45, 2.75) is 19.4 Å². The van der Waals surface area contributed by atoms with Gasteiger partial charge in [-0.15, -0.1) is 0 Å². The molecule has 1 aliphatic heterocycles. The van der Waals surface area contributed by atoms with Crippen molar-refractivity contribution in [3.63, 3.8) is 0 Å². The molecule has 0 saturated carbocycles. The fraction of sp³-hybridized carbons (Fsp3) is 0.286. The summed E-state index contributed by atoms with van der Waals surface area (Å²) in [6.07, 6.45) is -5.51. The number of carbonyl (C=O) groups is 1. The zero-order valence-electron chi connectivity index (χ0n) is 21.0. The SMILES string of the molecule is [2H]/C(=C1\c2ccccc2COc2ccc(C([2H])([2H])C(=O)O)cc21)C([2H])([2H])C([2H])([2H])N(C)C. The largest absolute Gasteiger partial charge is 0.488 e. The Balaban J connectivity index is 2.40. The van der Waals surface area contributed by atoms with E-state index >= 15 is 0 Å². The van der Waals surface area contributed by atoms with Crippen molar-refractivity contribution in [1.82, 2.24) is 4.90 Å². The summed E-state index contributed by atoms with van der Waals surface area (Å²) < 4.78 is 63.9. The Morgan fingerprint density at radius 3 is 2.88 bits per heavy atom. The lowest BCUT2D eigenvalue weighted by Crippen LogP contribution is -2.12. The fourth-order valence-corrected chi connectivity index (χ4v) is 2.58. The van der Waals surface area contributed by atoms with Crippen LogP contribution in [0.4, 0.5) is 0 Å². The van der Waals surface area contributed by atoms with Gasteiger partial charge in [-0.2, -0.15) is 0 Å². The van der Waals surface area contributed by atoms with E-state index in [0.29, 0.717) is 11.1 Å². The smallest absolute Gasteiger partial charge is 0.307 e. The monoisotopic (exact) mass is 344 g/mol. The standard InChI is InChI=1S/C21H23NO3/c1-22(2)11-5-8-18-17-7-4-3-6-16(17)14-25-20-10-9-15(12-19(18)20)13-21(23)24/h3-4,6-10,12H,5,11,13-14H2,1-2H3,(H,23,24)/b18-8-/i5D2,8D,11D2,13D2. The molecule has 0 unspecified atom stereocenters. The van der Waals surface area contributed by atoms with E-state index in [1.165, 1.54) is 32.3 Å². The number of fused-ring (bicyclic) bond motifs is 2. The molecule has 25 heavy (non-hydrogen) atoms. The van der Waals surface area contributed by atoms with Crippen molar-refractivity contribution in [1.29, 1.82) is 0 Å². The van der Waals surface area contributed by atoms with Crippen LogP contribution in [0.25, 0.3) is 5.57 Å². The van der Waals surface area contributed by atoms with Crippen LogP contribution in [-0.4, -0.2) is 36.6 Å². The van der Waals surface area contributed by atoms with Crippen molar-refractivity contribution in [2.75, 3.05) is 20.6 Å². The summed E-state index contributed by atoms with van der Waals surface area (Å²) in [5.74, 6) is -1.48. The maximum Gasteiger partial charge on any atom is 0.307 e. The second-order valence-corrected chi connectivity index (χ2v) is 5.72. The molecule has 1 N–H and O–H groups in total. The molecule has 130 valence electrons. The number of hydrogen-bond acceptors (Lipinski definition) is 3. The predicted molar refractivity (Wildman–Crippen MR) is 98.8 cm³/mol. The second-order valence-electron chi connectivity index (χ2n) is 5.72. The molecule has 4 nitrogen and oxygen atoms in total. The first-order chi connectivity index (χ1) is 14.7. The molecule has 4 heteroatoms. The quantitative estimate of drug-likeness (QED) is 0.900. The highest BCUT2D eigenvalue weighted by molar-refractivity contribution is 5.85. The summed E-state index contributed by atoms with van der Waals surface area (Å²) >= 11 is 0. The highest BCUT2D eigenvalue weighted by Gasteiger charge is 2.19. The Morgan fingerprint density at radius 2 is 2.12 bits per heavy atom. The van der Waals surface area contributed by atoms with Gasteiger partial charge in [0.25, 0.3) is 0 Å². The Morgan fingerprint density at radius 1 is 1.32 bits per heavy atom. The van der Waals surface area contributed by atoms with Crippen LogP contribution in [0.15, 0.2) is 48.5 Å². The molecule has 0 spiro atoms. The number of hydrogen-bond donors (Lipinski definition) is 1. The lowest BCUT2D eigenvalue weighted by atomic mass is 9.92. The summed E-state index contributed by atoms with van der Waals surface area (Å²) in [5, 5.41) is 9.31. The first kappa shape index (κ1) is 10.4. The summed E-state index contributed by atoms with van der Waals surface area (Å²) in [4.78, 5) is 12.5. The molecule has 3 rings (SSSR count). The summed E-state index contributed by atoms with van der Waals surface area (Å²) in [6.45, 7) is -2.46. The van der Waals surface area contributed by atoms with E-state index < -0.39 is 31.3 Å². The van der Waals surface area contributed by atoms with Gasteiger partial charge in [0.05, 0.1) is 7.74 Å². The van der Waals surface area contributed by atoms with Crippen molar-refractivity contribution < 1.29 is 24.2 Å². The van der Waals surface area contributed by atoms with Crippen molar-refractivity contribution in [3.8, 4) is 5.75 Å². The maximum absolute atomic E-state index is 11.5. The van der Waals surface area contributed by atoms with Crippen LogP contribution >= 0.6 is 0 Å². The molecule has 0 saturated heterocycles. The van der Waals surface area contributed by atoms with Crippen LogP contribution in [-0.2, 0) is 17.8 Å². The molecule has 0 atom stereocenters. The van der Waals surface area contributed by atoms with Gasteiger partial charge in [-0.1, -0.05) is 36.4 Å². The summed E-state index contributed by atoms with van der Waals surface area (Å²) in [7, 11) is 2.74. The molecule has 2 aromatic carbocycles. The molecule has 0 bridgehead atoms. The number of carboxylic acids is 1. The first-order valence-corrected chi connectivity index (χ1v) is 7.71. The van der Waals surface area contributed by atoms with E-state index in [1.54, 1.807) is 24.3 Å². The molecule has 0 aliphatic carbocycles. The van der Waals surface area contributed by atoms with Crippen molar-refractivity contribution >= 4 is 11.5 Å². The lowest BCUT2D eigenvalue weighted by molar-refractivity contribution is -0.136. The van der Waals surface area contributed by atoms with Crippen LogP contribution in [0.1, 0.15) is 38.2 Å². The maximum atomic E-state index is 11.5. The third-order valence-electron chi connectivity index (χ3n) is 3.64. The Labute approximate surface area is 158 Å². The van der Waals surface area contributed by atoms with Crippen LogP contribution in [0.5, 0.6) is 5.75 Å². The third kappa shape index (κ3) is 4.09. The molecular formula is C21H23NO3. The Bertz CT molecular complexity index is 1100. The van der Waals surface area contributed by atoms with E-state index in [4.69, 9.17) is 14.3 Å². The molecule has 2 aromatic rings. The number of benzene rings is 2. The molecule has 1 aliphatic rings. The molecule has 0 fully saturated rings. The van der Waals surface area contributed by atoms with E-state index in [2.05, 4.69) is 0 Å². The molecule has 0 aromatic heterocycles. The van der Waals surface area contributed by atoms with Gasteiger partial charge in [0.15, 0.2) is 0 Å². The Hall–Kier alpha value is -2.59. The highest BCUT2D eigenvalue weighted by Crippen LogP contribution is 2.37. The molecule has 0 amide bonds. The van der Waals surface area contributed by atoms with Gasteiger partial charge in [0.1, 0.15) is 12.4 Å². The van der Waals surface area contributed by atoms with Crippen molar-refractivity contribution in [2.24, 2.45) is 0 Å². The first-order valence-electron chi connectivity index (χ1n) is 11.2. The van der Waals surface area contributed by atoms with Gasteiger partial charge >= 0.3 is 5.97 Å².